The van der Waals surface area contributed by atoms with Crippen molar-refractivity contribution in [3.63, 3.8) is 0 Å². The van der Waals surface area contributed by atoms with E-state index in [1.165, 1.54) is 6.07 Å². The zero-order valence-electron chi connectivity index (χ0n) is 11.9. The van der Waals surface area contributed by atoms with Crippen molar-refractivity contribution >= 4 is 17.7 Å². The molecule has 1 aromatic carbocycles. The van der Waals surface area contributed by atoms with E-state index in [-0.39, 0.29) is 11.6 Å². The van der Waals surface area contributed by atoms with E-state index in [1.807, 2.05) is 6.08 Å². The molecular formula is C16H20N2O3. The molecule has 0 spiro atoms. The Morgan fingerprint density at radius 1 is 1.33 bits per heavy atom. The molecule has 2 amide bonds. The third-order valence-electron chi connectivity index (χ3n) is 3.80. The summed E-state index contributed by atoms with van der Waals surface area (Å²) in [5.41, 5.74) is 0.440. The minimum Gasteiger partial charge on any atom is -0.478 e. The SMILES string of the molecule is C=CCC1CCN(C(=O)Nc2ccccc2C(=O)O)CC1. The molecule has 0 aliphatic carbocycles. The van der Waals surface area contributed by atoms with Crippen molar-refractivity contribution in [3.05, 3.63) is 42.5 Å². The molecule has 1 aliphatic rings. The standard InChI is InChI=1S/C16H20N2O3/c1-2-5-12-8-10-18(11-9-12)16(21)17-14-7-4-3-6-13(14)15(19)20/h2-4,6-7,12H,1,5,8-11H2,(H,17,21)(H,19,20). The second kappa shape index (κ2) is 6.92. The van der Waals surface area contributed by atoms with Gasteiger partial charge < -0.3 is 15.3 Å². The Hall–Kier alpha value is -2.30. The summed E-state index contributed by atoms with van der Waals surface area (Å²) in [7, 11) is 0. The number of carboxylic acid groups (broad SMARTS) is 1. The maximum absolute atomic E-state index is 12.2. The maximum atomic E-state index is 12.2. The molecule has 0 radical (unpaired) electrons. The van der Waals surface area contributed by atoms with Gasteiger partial charge in [-0.3, -0.25) is 0 Å². The molecule has 1 fully saturated rings. The predicted octanol–water partition coefficient (Wildman–Crippen LogP) is 3.20. The fraction of sp³-hybridized carbons (Fsp3) is 0.375. The van der Waals surface area contributed by atoms with Crippen molar-refractivity contribution in [2.45, 2.75) is 19.3 Å². The van der Waals surface area contributed by atoms with Crippen LogP contribution in [0.4, 0.5) is 10.5 Å². The van der Waals surface area contributed by atoms with Gasteiger partial charge in [0, 0.05) is 13.1 Å². The fourth-order valence-corrected chi connectivity index (χ4v) is 2.58. The molecule has 1 heterocycles. The molecule has 0 saturated carbocycles. The first-order chi connectivity index (χ1) is 10.1. The first kappa shape index (κ1) is 15.1. The van der Waals surface area contributed by atoms with Crippen molar-refractivity contribution in [1.82, 2.24) is 4.90 Å². The molecule has 2 rings (SSSR count). The van der Waals surface area contributed by atoms with Gasteiger partial charge in [-0.1, -0.05) is 18.2 Å². The molecule has 2 N–H and O–H groups in total. The van der Waals surface area contributed by atoms with E-state index in [4.69, 9.17) is 5.11 Å². The molecule has 0 aromatic heterocycles. The van der Waals surface area contributed by atoms with Crippen LogP contribution in [0.3, 0.4) is 0 Å². The molecule has 1 aliphatic heterocycles. The highest BCUT2D eigenvalue weighted by molar-refractivity contribution is 5.99. The number of hydrogen-bond donors (Lipinski definition) is 2. The monoisotopic (exact) mass is 288 g/mol. The summed E-state index contributed by atoms with van der Waals surface area (Å²) in [4.78, 5) is 25.1. The molecular weight excluding hydrogens is 268 g/mol. The van der Waals surface area contributed by atoms with Gasteiger partial charge in [-0.15, -0.1) is 6.58 Å². The largest absolute Gasteiger partial charge is 0.478 e. The van der Waals surface area contributed by atoms with Crippen molar-refractivity contribution < 1.29 is 14.7 Å². The number of rotatable bonds is 4. The summed E-state index contributed by atoms with van der Waals surface area (Å²) in [5, 5.41) is 11.8. The van der Waals surface area contributed by atoms with E-state index in [1.54, 1.807) is 23.1 Å². The highest BCUT2D eigenvalue weighted by Gasteiger charge is 2.23. The van der Waals surface area contributed by atoms with Crippen LogP contribution < -0.4 is 5.32 Å². The molecule has 1 aromatic rings. The van der Waals surface area contributed by atoms with Gasteiger partial charge in [-0.25, -0.2) is 9.59 Å². The predicted molar refractivity (Wildman–Crippen MR) is 81.5 cm³/mol. The average Bonchev–Trinajstić information content (AvgIpc) is 2.48. The number of nitrogens with zero attached hydrogens (tertiary/aromatic N) is 1. The number of nitrogens with one attached hydrogen (secondary N) is 1. The summed E-state index contributed by atoms with van der Waals surface area (Å²) in [6.07, 6.45) is 4.82. The van der Waals surface area contributed by atoms with Crippen molar-refractivity contribution in [3.8, 4) is 0 Å². The van der Waals surface area contributed by atoms with Gasteiger partial charge in [0.2, 0.25) is 0 Å². The van der Waals surface area contributed by atoms with Crippen LogP contribution in [-0.2, 0) is 0 Å². The highest BCUT2D eigenvalue weighted by atomic mass is 16.4. The van der Waals surface area contributed by atoms with Gasteiger partial charge in [0.1, 0.15) is 0 Å². The summed E-state index contributed by atoms with van der Waals surface area (Å²) in [6.45, 7) is 5.13. The smallest absolute Gasteiger partial charge is 0.337 e. The number of aromatic carboxylic acids is 1. The van der Waals surface area contributed by atoms with Gasteiger partial charge in [0.05, 0.1) is 11.3 Å². The van der Waals surface area contributed by atoms with Crippen LogP contribution in [0.5, 0.6) is 0 Å². The number of carbonyl (C=O) groups excluding carboxylic acids is 1. The van der Waals surface area contributed by atoms with Crippen LogP contribution in [0.1, 0.15) is 29.6 Å². The van der Waals surface area contributed by atoms with Crippen LogP contribution in [0.25, 0.3) is 0 Å². The lowest BCUT2D eigenvalue weighted by Gasteiger charge is -2.31. The molecule has 0 bridgehead atoms. The topological polar surface area (TPSA) is 69.6 Å². The lowest BCUT2D eigenvalue weighted by atomic mass is 9.94. The summed E-state index contributed by atoms with van der Waals surface area (Å²) >= 11 is 0. The number of amides is 2. The molecule has 112 valence electrons. The fourth-order valence-electron chi connectivity index (χ4n) is 2.58. The summed E-state index contributed by atoms with van der Waals surface area (Å²) in [5.74, 6) is -0.451. The van der Waals surface area contributed by atoms with Gasteiger partial charge in [-0.05, 0) is 37.3 Å². The minimum absolute atomic E-state index is 0.104. The number of carboxylic acids is 1. The third kappa shape index (κ3) is 3.84. The number of allylic oxidation sites excluding steroid dienone is 1. The van der Waals surface area contributed by atoms with Gasteiger partial charge in [0.25, 0.3) is 0 Å². The van der Waals surface area contributed by atoms with Crippen molar-refractivity contribution in [2.24, 2.45) is 5.92 Å². The number of benzene rings is 1. The van der Waals surface area contributed by atoms with E-state index in [0.717, 1.165) is 19.3 Å². The Bertz CT molecular complexity index is 534. The number of urea groups is 1. The Morgan fingerprint density at radius 3 is 2.62 bits per heavy atom. The van der Waals surface area contributed by atoms with Crippen LogP contribution in [0.15, 0.2) is 36.9 Å². The van der Waals surface area contributed by atoms with Crippen molar-refractivity contribution in [2.75, 3.05) is 18.4 Å². The van der Waals surface area contributed by atoms with E-state index in [9.17, 15) is 9.59 Å². The lowest BCUT2D eigenvalue weighted by molar-refractivity contribution is 0.0698. The number of likely N-dealkylation sites (tertiary alicyclic amines) is 1. The second-order valence-corrected chi connectivity index (χ2v) is 5.24. The first-order valence-corrected chi connectivity index (χ1v) is 7.11. The molecule has 0 atom stereocenters. The lowest BCUT2D eigenvalue weighted by Crippen LogP contribution is -2.41. The van der Waals surface area contributed by atoms with Gasteiger partial charge in [-0.2, -0.15) is 0 Å². The van der Waals surface area contributed by atoms with E-state index >= 15 is 0 Å². The van der Waals surface area contributed by atoms with Crippen LogP contribution >= 0.6 is 0 Å². The van der Waals surface area contributed by atoms with Crippen LogP contribution in [0, 0.1) is 5.92 Å². The van der Waals surface area contributed by atoms with Crippen molar-refractivity contribution in [1.29, 1.82) is 0 Å². The molecule has 0 unspecified atom stereocenters. The van der Waals surface area contributed by atoms with Gasteiger partial charge >= 0.3 is 12.0 Å². The Morgan fingerprint density at radius 2 is 2.00 bits per heavy atom. The number of piperidine rings is 1. The Balaban J connectivity index is 1.97. The van der Waals surface area contributed by atoms with Crippen LogP contribution in [0.2, 0.25) is 0 Å². The maximum Gasteiger partial charge on any atom is 0.337 e. The number of para-hydroxylation sites is 1. The zero-order chi connectivity index (χ0) is 15.2. The number of hydrogen-bond acceptors (Lipinski definition) is 2. The molecule has 21 heavy (non-hydrogen) atoms. The van der Waals surface area contributed by atoms with E-state index in [2.05, 4.69) is 11.9 Å². The van der Waals surface area contributed by atoms with Gasteiger partial charge in [0.15, 0.2) is 0 Å². The minimum atomic E-state index is -1.05. The third-order valence-corrected chi connectivity index (χ3v) is 3.80. The summed E-state index contributed by atoms with van der Waals surface area (Å²) in [6, 6.07) is 6.19. The van der Waals surface area contributed by atoms with E-state index < -0.39 is 5.97 Å². The Kier molecular flexibility index (Phi) is 4.98. The summed E-state index contributed by atoms with van der Waals surface area (Å²) < 4.78 is 0. The zero-order valence-corrected chi connectivity index (χ0v) is 11.9. The normalized spacial score (nSPS) is 15.5. The first-order valence-electron chi connectivity index (χ1n) is 7.11. The number of anilines is 1. The molecule has 5 nitrogen and oxygen atoms in total. The Labute approximate surface area is 124 Å². The second-order valence-electron chi connectivity index (χ2n) is 5.24. The quantitative estimate of drug-likeness (QED) is 0.836. The number of carbonyl (C=O) groups is 2. The van der Waals surface area contributed by atoms with E-state index in [0.29, 0.717) is 24.7 Å². The molecule has 5 heteroatoms. The molecule has 1 saturated heterocycles. The average molecular weight is 288 g/mol. The van der Waals surface area contributed by atoms with Crippen LogP contribution in [-0.4, -0.2) is 35.1 Å². The highest BCUT2D eigenvalue weighted by Crippen LogP contribution is 2.22.